The summed E-state index contributed by atoms with van der Waals surface area (Å²) in [5.74, 6) is 0.213. The molecule has 1 amide bonds. The van der Waals surface area contributed by atoms with Gasteiger partial charge >= 0.3 is 0 Å². The minimum absolute atomic E-state index is 0.127. The lowest BCUT2D eigenvalue weighted by atomic mass is 10.1. The van der Waals surface area contributed by atoms with E-state index in [1.165, 1.54) is 11.3 Å². The fraction of sp³-hybridized carbons (Fsp3) is 0.167. The topological polar surface area (TPSA) is 88.6 Å². The highest BCUT2D eigenvalue weighted by molar-refractivity contribution is 7.93. The van der Waals surface area contributed by atoms with Crippen LogP contribution in [0, 0.1) is 6.92 Å². The second kappa shape index (κ2) is 9.60. The summed E-state index contributed by atoms with van der Waals surface area (Å²) in [6, 6.07) is 19.3. The number of hydrogen-bond acceptors (Lipinski definition) is 6. The highest BCUT2D eigenvalue weighted by Crippen LogP contribution is 2.31. The molecule has 1 N–H and O–H groups in total. The number of amides is 1. The molecule has 0 spiro atoms. The molecular formula is C24H23N3O4S2. The molecule has 0 saturated heterocycles. The summed E-state index contributed by atoms with van der Waals surface area (Å²) in [5, 5.41) is 4.38. The van der Waals surface area contributed by atoms with Crippen LogP contribution in [-0.4, -0.2) is 32.5 Å². The van der Waals surface area contributed by atoms with E-state index in [1.54, 1.807) is 54.7 Å². The van der Waals surface area contributed by atoms with Gasteiger partial charge in [-0.15, -0.1) is 11.3 Å². The van der Waals surface area contributed by atoms with Crippen LogP contribution in [0.15, 0.2) is 77.8 Å². The van der Waals surface area contributed by atoms with E-state index in [9.17, 15) is 13.2 Å². The molecule has 0 bridgehead atoms. The van der Waals surface area contributed by atoms with E-state index in [-0.39, 0.29) is 10.0 Å². The molecule has 0 radical (unpaired) electrons. The molecule has 0 unspecified atom stereocenters. The zero-order valence-corrected chi connectivity index (χ0v) is 19.8. The number of sulfonamides is 1. The summed E-state index contributed by atoms with van der Waals surface area (Å²) in [4.78, 5) is 18.1. The summed E-state index contributed by atoms with van der Waals surface area (Å²) in [6.45, 7) is 3.86. The summed E-state index contributed by atoms with van der Waals surface area (Å²) in [5.41, 5.74) is 0.543. The highest BCUT2D eigenvalue weighted by Gasteiger charge is 2.30. The molecule has 0 aliphatic heterocycles. The largest absolute Gasteiger partial charge is 0.494 e. The van der Waals surface area contributed by atoms with Gasteiger partial charge in [-0.2, -0.15) is 0 Å². The molecule has 7 nitrogen and oxygen atoms in total. The molecule has 1 aromatic heterocycles. The Kier molecular flexibility index (Phi) is 6.62. The summed E-state index contributed by atoms with van der Waals surface area (Å²) < 4.78 is 34.0. The van der Waals surface area contributed by atoms with Crippen molar-refractivity contribution in [3.63, 3.8) is 0 Å². The molecule has 170 valence electrons. The summed E-state index contributed by atoms with van der Waals surface area (Å²) in [7, 11) is -4.07. The first-order chi connectivity index (χ1) is 15.9. The lowest BCUT2D eigenvalue weighted by molar-refractivity contribution is -0.114. The first kappa shape index (κ1) is 22.8. The Morgan fingerprint density at radius 3 is 2.48 bits per heavy atom. The van der Waals surface area contributed by atoms with Gasteiger partial charge in [-0.3, -0.25) is 4.79 Å². The Hall–Kier alpha value is -3.43. The monoisotopic (exact) mass is 481 g/mol. The number of rotatable bonds is 8. The summed E-state index contributed by atoms with van der Waals surface area (Å²) in [6.07, 6.45) is 1.59. The van der Waals surface area contributed by atoms with Crippen LogP contribution in [0.4, 0.5) is 10.8 Å². The molecule has 0 saturated carbocycles. The Morgan fingerprint density at radius 1 is 1.06 bits per heavy atom. The van der Waals surface area contributed by atoms with Crippen LogP contribution in [-0.2, 0) is 14.8 Å². The van der Waals surface area contributed by atoms with Crippen LogP contribution < -0.4 is 14.4 Å². The maximum Gasteiger partial charge on any atom is 0.267 e. The lowest BCUT2D eigenvalue weighted by Gasteiger charge is -2.22. The maximum absolute atomic E-state index is 13.8. The Morgan fingerprint density at radius 2 is 1.79 bits per heavy atom. The Labute approximate surface area is 196 Å². The number of nitrogens with one attached hydrogen (secondary N) is 1. The van der Waals surface area contributed by atoms with Gasteiger partial charge in [0.05, 0.1) is 11.5 Å². The number of anilines is 2. The predicted molar refractivity (Wildman–Crippen MR) is 132 cm³/mol. The van der Waals surface area contributed by atoms with Gasteiger partial charge in [0.25, 0.3) is 10.0 Å². The van der Waals surface area contributed by atoms with Crippen LogP contribution in [0.5, 0.6) is 5.75 Å². The molecule has 1 heterocycles. The normalized spacial score (nSPS) is 11.3. The van der Waals surface area contributed by atoms with Crippen LogP contribution in [0.3, 0.4) is 0 Å². The zero-order valence-electron chi connectivity index (χ0n) is 18.2. The standard InChI is InChI=1S/C24H23N3O4S2/c1-3-31-20-13-11-19(12-14-20)26-23(28)16-27(24-25-15-17(2)32-24)33(29,30)22-10-6-8-18-7-4-5-9-21(18)22/h4-15H,3,16H2,1-2H3,(H,26,28). The first-order valence-electron chi connectivity index (χ1n) is 10.3. The quantitative estimate of drug-likeness (QED) is 0.389. The number of fused-ring (bicyclic) bond motifs is 1. The second-order valence-corrected chi connectivity index (χ2v) is 10.3. The number of thiazole rings is 1. The van der Waals surface area contributed by atoms with E-state index in [0.29, 0.717) is 23.4 Å². The molecule has 0 aliphatic rings. The van der Waals surface area contributed by atoms with Crippen molar-refractivity contribution in [2.24, 2.45) is 0 Å². The van der Waals surface area contributed by atoms with Crippen LogP contribution in [0.25, 0.3) is 10.8 Å². The Balaban J connectivity index is 1.66. The van der Waals surface area contributed by atoms with E-state index >= 15 is 0 Å². The van der Waals surface area contributed by atoms with Gasteiger partial charge in [-0.1, -0.05) is 36.4 Å². The van der Waals surface area contributed by atoms with Gasteiger partial charge in [0, 0.05) is 22.1 Å². The molecule has 0 fully saturated rings. The number of carbonyl (C=O) groups excluding carboxylic acids is 1. The number of carbonyl (C=O) groups is 1. The maximum atomic E-state index is 13.8. The van der Waals surface area contributed by atoms with Gasteiger partial charge in [0.2, 0.25) is 5.91 Å². The van der Waals surface area contributed by atoms with Gasteiger partial charge in [-0.05, 0) is 49.6 Å². The van der Waals surface area contributed by atoms with Crippen molar-refractivity contribution >= 4 is 48.9 Å². The number of benzene rings is 3. The average molecular weight is 482 g/mol. The number of hydrogen-bond donors (Lipinski definition) is 1. The van der Waals surface area contributed by atoms with E-state index in [0.717, 1.165) is 14.6 Å². The molecule has 4 rings (SSSR count). The third-order valence-corrected chi connectivity index (χ3v) is 7.72. The van der Waals surface area contributed by atoms with Crippen molar-refractivity contribution in [1.29, 1.82) is 0 Å². The SMILES string of the molecule is CCOc1ccc(NC(=O)CN(c2ncc(C)s2)S(=O)(=O)c2cccc3ccccc23)cc1. The van der Waals surface area contributed by atoms with Crippen LogP contribution in [0.2, 0.25) is 0 Å². The predicted octanol–water partition coefficient (Wildman–Crippen LogP) is 4.84. The summed E-state index contributed by atoms with van der Waals surface area (Å²) >= 11 is 1.22. The third-order valence-electron chi connectivity index (χ3n) is 4.88. The Bertz CT molecular complexity index is 1380. The molecule has 3 aromatic carbocycles. The van der Waals surface area contributed by atoms with E-state index in [2.05, 4.69) is 10.3 Å². The number of aromatic nitrogens is 1. The molecule has 33 heavy (non-hydrogen) atoms. The molecule has 9 heteroatoms. The van der Waals surface area contributed by atoms with Crippen molar-refractivity contribution in [3.05, 3.63) is 77.8 Å². The number of ether oxygens (including phenoxy) is 1. The van der Waals surface area contributed by atoms with E-state index in [4.69, 9.17) is 4.74 Å². The van der Waals surface area contributed by atoms with Crippen molar-refractivity contribution < 1.29 is 17.9 Å². The van der Waals surface area contributed by atoms with Gasteiger partial charge in [0.15, 0.2) is 5.13 Å². The van der Waals surface area contributed by atoms with Gasteiger partial charge < -0.3 is 10.1 Å². The molecule has 0 aliphatic carbocycles. The van der Waals surface area contributed by atoms with Crippen molar-refractivity contribution in [3.8, 4) is 5.75 Å². The number of nitrogens with zero attached hydrogens (tertiary/aromatic N) is 2. The molecule has 4 aromatic rings. The van der Waals surface area contributed by atoms with Crippen LogP contribution >= 0.6 is 11.3 Å². The first-order valence-corrected chi connectivity index (χ1v) is 12.6. The fourth-order valence-corrected chi connectivity index (χ4v) is 5.95. The highest BCUT2D eigenvalue weighted by atomic mass is 32.2. The third kappa shape index (κ3) is 4.99. The zero-order chi connectivity index (χ0) is 23.4. The van der Waals surface area contributed by atoms with Crippen molar-refractivity contribution in [2.45, 2.75) is 18.7 Å². The fourth-order valence-electron chi connectivity index (χ4n) is 3.38. The van der Waals surface area contributed by atoms with E-state index in [1.807, 2.05) is 32.0 Å². The number of aryl methyl sites for hydroxylation is 1. The minimum atomic E-state index is -4.07. The minimum Gasteiger partial charge on any atom is -0.494 e. The van der Waals surface area contributed by atoms with Gasteiger partial charge in [-0.25, -0.2) is 17.7 Å². The molecular weight excluding hydrogens is 458 g/mol. The van der Waals surface area contributed by atoms with Gasteiger partial charge in [0.1, 0.15) is 12.3 Å². The molecule has 0 atom stereocenters. The smallest absolute Gasteiger partial charge is 0.267 e. The van der Waals surface area contributed by atoms with Crippen molar-refractivity contribution in [1.82, 2.24) is 4.98 Å². The van der Waals surface area contributed by atoms with Crippen LogP contribution in [0.1, 0.15) is 11.8 Å². The second-order valence-electron chi connectivity index (χ2n) is 7.25. The average Bonchev–Trinajstić information content (AvgIpc) is 3.24. The van der Waals surface area contributed by atoms with E-state index < -0.39 is 22.5 Å². The lowest BCUT2D eigenvalue weighted by Crippen LogP contribution is -2.38. The van der Waals surface area contributed by atoms with Crippen molar-refractivity contribution in [2.75, 3.05) is 22.8 Å².